The van der Waals surface area contributed by atoms with Crippen LogP contribution in [0, 0.1) is 22.5 Å². The molecule has 0 saturated heterocycles. The van der Waals surface area contributed by atoms with Crippen molar-refractivity contribution in [3.05, 3.63) is 80.9 Å². The number of nitrogen functional groups attached to an aromatic ring is 1. The number of hydrogen-bond acceptors (Lipinski definition) is 7. The summed E-state index contributed by atoms with van der Waals surface area (Å²) in [7, 11) is 1.51. The molecule has 0 aliphatic carbocycles. The monoisotopic (exact) mass is 536 g/mol. The molecule has 0 bridgehead atoms. The molecule has 4 N–H and O–H groups in total. The van der Waals surface area contributed by atoms with Crippen LogP contribution < -0.4 is 10.5 Å². The fraction of sp³-hybridized carbons (Fsp3) is 0.125. The molecule has 2 aromatic heterocycles. The van der Waals surface area contributed by atoms with E-state index in [1.807, 2.05) is 13.0 Å². The predicted molar refractivity (Wildman–Crippen MR) is 135 cm³/mol. The number of nitrogens with two attached hydrogens (primary N) is 1. The van der Waals surface area contributed by atoms with Gasteiger partial charge >= 0.3 is 0 Å². The normalized spacial score (nSPS) is 11.0. The lowest BCUT2D eigenvalue weighted by molar-refractivity contribution is 0.146. The molecule has 0 atom stereocenters. The number of phenols is 1. The van der Waals surface area contributed by atoms with Crippen LogP contribution in [0.15, 0.2) is 53.7 Å². The second-order valence-corrected chi connectivity index (χ2v) is 8.63. The van der Waals surface area contributed by atoms with Crippen molar-refractivity contribution in [2.45, 2.75) is 13.3 Å². The summed E-state index contributed by atoms with van der Waals surface area (Å²) in [6.07, 6.45) is 0.404. The first kappa shape index (κ1) is 26.8. The largest absolute Gasteiger partial charge is 0.504 e. The molecule has 0 radical (unpaired) electrons. The molecule has 0 aliphatic rings. The summed E-state index contributed by atoms with van der Waals surface area (Å²) in [6.45, 7) is 1.92. The van der Waals surface area contributed by atoms with Crippen molar-refractivity contribution in [2.75, 3.05) is 12.8 Å². The molecule has 0 spiro atoms. The highest BCUT2D eigenvalue weighted by molar-refractivity contribution is 7.71. The summed E-state index contributed by atoms with van der Waals surface area (Å²) in [5.74, 6) is -0.592. The molecule has 2 aromatic carbocycles. The zero-order valence-corrected chi connectivity index (χ0v) is 20.6. The molecule has 188 valence electrons. The Labute approximate surface area is 212 Å². The molecule has 0 unspecified atom stereocenters. The number of para-hydroxylation sites is 1. The number of ether oxygens (including phenoxy) is 1. The van der Waals surface area contributed by atoms with E-state index in [0.717, 1.165) is 23.4 Å². The van der Waals surface area contributed by atoms with Gasteiger partial charge in [-0.15, -0.1) is 0 Å². The molecule has 0 fully saturated rings. The van der Waals surface area contributed by atoms with E-state index in [-0.39, 0.29) is 22.1 Å². The van der Waals surface area contributed by atoms with Crippen LogP contribution in [-0.2, 0) is 0 Å². The standard InChI is InChI=1S/C14H14N2O2S.C10H6F4N2S/c1-9-6-11(8-16-14(9)19)15-7-10-4-3-5-12(18-2)13(10)17;11-6-3-4(1-2-5(6)8(12)13)7-9(14)17-10(15)16-7/h3-8,17H,1-2H3,(H,16,19);1-3,8H,(H2,15,16). The number of rotatable bonds is 5. The Hall–Kier alpha value is -3.77. The highest BCUT2D eigenvalue weighted by atomic mass is 32.1. The summed E-state index contributed by atoms with van der Waals surface area (Å²) < 4.78 is 56.9. The highest BCUT2D eigenvalue weighted by Gasteiger charge is 2.17. The van der Waals surface area contributed by atoms with Crippen LogP contribution in [0.1, 0.15) is 23.1 Å². The van der Waals surface area contributed by atoms with E-state index < -0.39 is 22.9 Å². The summed E-state index contributed by atoms with van der Waals surface area (Å²) in [4.78, 5) is 10.9. The molecular formula is C24H20F4N4O2S2. The zero-order chi connectivity index (χ0) is 26.4. The molecular weight excluding hydrogens is 516 g/mol. The van der Waals surface area contributed by atoms with Gasteiger partial charge in [-0.3, -0.25) is 4.99 Å². The van der Waals surface area contributed by atoms with Gasteiger partial charge in [-0.25, -0.2) is 18.2 Å². The van der Waals surface area contributed by atoms with Gasteiger partial charge in [0.25, 0.3) is 6.43 Å². The summed E-state index contributed by atoms with van der Waals surface area (Å²) in [6, 6.07) is 10.0. The lowest BCUT2D eigenvalue weighted by atomic mass is 10.1. The number of alkyl halides is 2. The smallest absolute Gasteiger partial charge is 0.266 e. The SMILES string of the molecule is COc1cccc(C=Nc2c[nH]c(=S)c(C)c2)c1O.Nc1nc(-c2ccc(C(F)F)c(F)c2)c(F)s1. The van der Waals surface area contributed by atoms with E-state index in [2.05, 4.69) is 15.0 Å². The van der Waals surface area contributed by atoms with Gasteiger partial charge in [0.05, 0.1) is 18.4 Å². The molecule has 4 rings (SSSR count). The minimum Gasteiger partial charge on any atom is -0.504 e. The number of aromatic amines is 1. The first-order valence-corrected chi connectivity index (χ1v) is 11.4. The van der Waals surface area contributed by atoms with Gasteiger partial charge in [0, 0.05) is 23.5 Å². The summed E-state index contributed by atoms with van der Waals surface area (Å²) >= 11 is 5.69. The number of aliphatic imine (C=N–C) groups is 1. The number of thiazole rings is 1. The molecule has 2 heterocycles. The number of halogens is 4. The minimum atomic E-state index is -2.91. The van der Waals surface area contributed by atoms with Gasteiger partial charge in [0.1, 0.15) is 16.2 Å². The van der Waals surface area contributed by atoms with Crippen LogP contribution in [0.4, 0.5) is 28.4 Å². The van der Waals surface area contributed by atoms with Crippen molar-refractivity contribution in [1.82, 2.24) is 9.97 Å². The van der Waals surface area contributed by atoms with E-state index in [4.69, 9.17) is 22.7 Å². The number of H-pyrrole nitrogens is 1. The van der Waals surface area contributed by atoms with E-state index >= 15 is 0 Å². The van der Waals surface area contributed by atoms with Gasteiger partial charge in [-0.2, -0.15) is 4.39 Å². The molecule has 36 heavy (non-hydrogen) atoms. The fourth-order valence-electron chi connectivity index (χ4n) is 2.96. The maximum Gasteiger partial charge on any atom is 0.266 e. The molecule has 6 nitrogen and oxygen atoms in total. The van der Waals surface area contributed by atoms with Crippen molar-refractivity contribution >= 4 is 40.6 Å². The van der Waals surface area contributed by atoms with Crippen LogP contribution in [0.25, 0.3) is 11.3 Å². The summed E-state index contributed by atoms with van der Waals surface area (Å²) in [5.41, 5.74) is 6.81. The van der Waals surface area contributed by atoms with Gasteiger partial charge < -0.3 is 20.6 Å². The van der Waals surface area contributed by atoms with Crippen LogP contribution in [-0.4, -0.2) is 28.4 Å². The number of benzene rings is 2. The van der Waals surface area contributed by atoms with Crippen molar-refractivity contribution in [3.8, 4) is 22.8 Å². The van der Waals surface area contributed by atoms with Crippen LogP contribution in [0.2, 0.25) is 0 Å². The van der Waals surface area contributed by atoms with Crippen molar-refractivity contribution in [2.24, 2.45) is 4.99 Å². The number of aryl methyl sites for hydroxylation is 1. The van der Waals surface area contributed by atoms with E-state index in [0.29, 0.717) is 27.3 Å². The Bertz CT molecular complexity index is 1450. The Morgan fingerprint density at radius 1 is 1.22 bits per heavy atom. The number of hydrogen-bond donors (Lipinski definition) is 3. The number of pyridine rings is 1. The lowest BCUT2D eigenvalue weighted by Gasteiger charge is -2.04. The van der Waals surface area contributed by atoms with E-state index in [1.165, 1.54) is 13.2 Å². The number of phenolic OH excluding ortho intramolecular Hbond substituents is 1. The number of nitrogens with one attached hydrogen (secondary N) is 1. The highest BCUT2D eigenvalue weighted by Crippen LogP contribution is 2.31. The number of anilines is 1. The minimum absolute atomic E-state index is 0.00385. The van der Waals surface area contributed by atoms with Crippen molar-refractivity contribution in [3.63, 3.8) is 0 Å². The first-order valence-electron chi connectivity index (χ1n) is 10.2. The fourth-order valence-corrected chi connectivity index (χ4v) is 3.65. The van der Waals surface area contributed by atoms with Crippen molar-refractivity contribution in [1.29, 1.82) is 0 Å². The van der Waals surface area contributed by atoms with E-state index in [9.17, 15) is 22.7 Å². The van der Waals surface area contributed by atoms with Gasteiger partial charge in [-0.05, 0) is 42.8 Å². The average Bonchev–Trinajstić information content (AvgIpc) is 3.18. The molecule has 0 amide bonds. The van der Waals surface area contributed by atoms with Gasteiger partial charge in [0.15, 0.2) is 16.6 Å². The summed E-state index contributed by atoms with van der Waals surface area (Å²) in [5, 5.41) is 9.25. The Morgan fingerprint density at radius 3 is 2.56 bits per heavy atom. The van der Waals surface area contributed by atoms with Crippen molar-refractivity contribution < 1.29 is 27.4 Å². The van der Waals surface area contributed by atoms with Gasteiger partial charge in [0.2, 0.25) is 5.13 Å². The third-order valence-electron chi connectivity index (χ3n) is 4.79. The predicted octanol–water partition coefficient (Wildman–Crippen LogP) is 7.13. The first-order chi connectivity index (χ1) is 17.1. The Balaban J connectivity index is 0.000000202. The molecule has 0 saturated carbocycles. The molecule has 12 heteroatoms. The third-order valence-corrected chi connectivity index (χ3v) is 5.90. The Kier molecular flexibility index (Phi) is 8.78. The van der Waals surface area contributed by atoms with E-state index in [1.54, 1.807) is 30.6 Å². The lowest BCUT2D eigenvalue weighted by Crippen LogP contribution is -1.92. The maximum absolute atomic E-state index is 13.3. The average molecular weight is 537 g/mol. The zero-order valence-electron chi connectivity index (χ0n) is 18.9. The second kappa shape index (κ2) is 11.8. The molecule has 4 aromatic rings. The Morgan fingerprint density at radius 2 is 1.97 bits per heavy atom. The topological polar surface area (TPSA) is 96.5 Å². The van der Waals surface area contributed by atoms with Crippen LogP contribution >= 0.6 is 23.6 Å². The number of aromatic nitrogens is 2. The third kappa shape index (κ3) is 6.46. The second-order valence-electron chi connectivity index (χ2n) is 7.24. The maximum atomic E-state index is 13.3. The molecule has 0 aliphatic heterocycles. The van der Waals surface area contributed by atoms with Crippen LogP contribution in [0.5, 0.6) is 11.5 Å². The van der Waals surface area contributed by atoms with Gasteiger partial charge in [-0.1, -0.05) is 35.7 Å². The number of aromatic hydroxyl groups is 1. The quantitative estimate of drug-likeness (QED) is 0.143. The number of nitrogens with zero attached hydrogens (tertiary/aromatic N) is 2. The van der Waals surface area contributed by atoms with Crippen LogP contribution in [0.3, 0.4) is 0 Å². The number of methoxy groups -OCH3 is 1.